The summed E-state index contributed by atoms with van der Waals surface area (Å²) in [5.41, 5.74) is 0.481. The predicted molar refractivity (Wildman–Crippen MR) is 132 cm³/mol. The Morgan fingerprint density at radius 3 is 2.44 bits per heavy atom. The number of rotatable bonds is 7. The average molecular weight is 533 g/mol. The van der Waals surface area contributed by atoms with Crippen molar-refractivity contribution >= 4 is 21.6 Å². The van der Waals surface area contributed by atoms with Crippen LogP contribution in [0, 0.1) is 0 Å². The maximum absolute atomic E-state index is 13.1. The number of benzene rings is 2. The Morgan fingerprint density at radius 1 is 0.944 bits per heavy atom. The van der Waals surface area contributed by atoms with Crippen molar-refractivity contribution in [1.29, 1.82) is 0 Å². The zero-order chi connectivity index (χ0) is 25.1. The summed E-state index contributed by atoms with van der Waals surface area (Å²) in [6.45, 7) is 3.01. The van der Waals surface area contributed by atoms with Gasteiger partial charge in [0.15, 0.2) is 11.5 Å². The molecule has 1 aromatic heterocycles. The van der Waals surface area contributed by atoms with E-state index < -0.39 is 10.0 Å². The molecular weight excluding hydrogens is 508 g/mol. The maximum atomic E-state index is 13.1. The highest BCUT2D eigenvalue weighted by atomic mass is 35.5. The SMILES string of the molecule is O=c1cc(CN2CCN(S(=O)(=O)c3ccc4c(c3)OCCO4)CC2)occ1OCc1ccccc1Cl. The van der Waals surface area contributed by atoms with Gasteiger partial charge in [-0.3, -0.25) is 9.69 Å². The predicted octanol–water partition coefficient (Wildman–Crippen LogP) is 3.15. The summed E-state index contributed by atoms with van der Waals surface area (Å²) in [6.07, 6.45) is 1.30. The van der Waals surface area contributed by atoms with Crippen molar-refractivity contribution in [3.63, 3.8) is 0 Å². The van der Waals surface area contributed by atoms with Crippen LogP contribution in [0.2, 0.25) is 5.02 Å². The van der Waals surface area contributed by atoms with E-state index in [1.807, 2.05) is 23.1 Å². The molecule has 36 heavy (non-hydrogen) atoms. The molecular formula is C25H25ClN2O7S. The summed E-state index contributed by atoms with van der Waals surface area (Å²) in [4.78, 5) is 14.7. The molecule has 2 aromatic carbocycles. The summed E-state index contributed by atoms with van der Waals surface area (Å²) in [7, 11) is -3.66. The van der Waals surface area contributed by atoms with Crippen LogP contribution in [-0.2, 0) is 23.2 Å². The van der Waals surface area contributed by atoms with E-state index in [0.29, 0.717) is 68.2 Å². The largest absolute Gasteiger partial charge is 0.486 e. The Hall–Kier alpha value is -3.05. The molecule has 0 amide bonds. The Labute approximate surface area is 213 Å². The molecule has 2 aliphatic heterocycles. The lowest BCUT2D eigenvalue weighted by molar-refractivity contribution is 0.167. The molecule has 5 rings (SSSR count). The minimum atomic E-state index is -3.66. The Balaban J connectivity index is 1.17. The lowest BCUT2D eigenvalue weighted by Crippen LogP contribution is -2.48. The lowest BCUT2D eigenvalue weighted by atomic mass is 10.2. The number of fused-ring (bicyclic) bond motifs is 1. The summed E-state index contributed by atoms with van der Waals surface area (Å²) in [6, 6.07) is 13.3. The Kier molecular flexibility index (Phi) is 7.20. The molecule has 0 unspecified atom stereocenters. The van der Waals surface area contributed by atoms with E-state index in [4.69, 9.17) is 30.2 Å². The normalized spacial score (nSPS) is 16.6. The zero-order valence-electron chi connectivity index (χ0n) is 19.4. The number of hydrogen-bond donors (Lipinski definition) is 0. The summed E-state index contributed by atoms with van der Waals surface area (Å²) in [5.74, 6) is 1.57. The molecule has 0 atom stereocenters. The molecule has 0 bridgehead atoms. The van der Waals surface area contributed by atoms with Gasteiger partial charge in [-0.1, -0.05) is 29.8 Å². The van der Waals surface area contributed by atoms with Gasteiger partial charge in [-0.15, -0.1) is 0 Å². The molecule has 0 N–H and O–H groups in total. The maximum Gasteiger partial charge on any atom is 0.243 e. The topological polar surface area (TPSA) is 98.5 Å². The van der Waals surface area contributed by atoms with E-state index in [-0.39, 0.29) is 22.7 Å². The van der Waals surface area contributed by atoms with Gasteiger partial charge in [0, 0.05) is 48.9 Å². The van der Waals surface area contributed by atoms with Crippen LogP contribution in [-0.4, -0.2) is 57.0 Å². The molecule has 2 aliphatic rings. The van der Waals surface area contributed by atoms with Gasteiger partial charge in [0.1, 0.15) is 31.8 Å². The minimum Gasteiger partial charge on any atom is -0.486 e. The van der Waals surface area contributed by atoms with Gasteiger partial charge in [0.2, 0.25) is 21.2 Å². The van der Waals surface area contributed by atoms with Gasteiger partial charge in [-0.2, -0.15) is 4.31 Å². The van der Waals surface area contributed by atoms with Crippen LogP contribution in [0.4, 0.5) is 0 Å². The summed E-state index contributed by atoms with van der Waals surface area (Å²) < 4.78 is 49.9. The number of halogens is 1. The van der Waals surface area contributed by atoms with E-state index in [2.05, 4.69) is 0 Å². The van der Waals surface area contributed by atoms with Crippen molar-refractivity contribution in [2.24, 2.45) is 0 Å². The highest BCUT2D eigenvalue weighted by molar-refractivity contribution is 7.89. The van der Waals surface area contributed by atoms with Crippen LogP contribution in [0.3, 0.4) is 0 Å². The van der Waals surface area contributed by atoms with Crippen molar-refractivity contribution < 1.29 is 27.0 Å². The highest BCUT2D eigenvalue weighted by Gasteiger charge is 2.30. The van der Waals surface area contributed by atoms with Crippen LogP contribution in [0.25, 0.3) is 0 Å². The third-order valence-corrected chi connectivity index (χ3v) is 8.32. The van der Waals surface area contributed by atoms with Gasteiger partial charge < -0.3 is 18.6 Å². The number of sulfonamides is 1. The molecule has 0 saturated carbocycles. The van der Waals surface area contributed by atoms with E-state index >= 15 is 0 Å². The second-order valence-electron chi connectivity index (χ2n) is 8.44. The van der Waals surface area contributed by atoms with Gasteiger partial charge >= 0.3 is 0 Å². The molecule has 1 fully saturated rings. The second kappa shape index (κ2) is 10.5. The molecule has 1 saturated heterocycles. The first-order valence-corrected chi connectivity index (χ1v) is 13.3. The third-order valence-electron chi connectivity index (χ3n) is 6.06. The second-order valence-corrected chi connectivity index (χ2v) is 10.8. The first-order valence-electron chi connectivity index (χ1n) is 11.5. The highest BCUT2D eigenvalue weighted by Crippen LogP contribution is 2.33. The molecule has 0 spiro atoms. The van der Waals surface area contributed by atoms with Gasteiger partial charge in [-0.25, -0.2) is 8.42 Å². The van der Waals surface area contributed by atoms with Crippen molar-refractivity contribution in [1.82, 2.24) is 9.21 Å². The van der Waals surface area contributed by atoms with E-state index in [1.54, 1.807) is 18.2 Å². The number of ether oxygens (including phenoxy) is 3. The zero-order valence-corrected chi connectivity index (χ0v) is 21.0. The van der Waals surface area contributed by atoms with Crippen LogP contribution in [0.5, 0.6) is 17.2 Å². The third kappa shape index (κ3) is 5.36. The minimum absolute atomic E-state index is 0.106. The van der Waals surface area contributed by atoms with Crippen LogP contribution in [0.15, 0.2) is 68.9 Å². The molecule has 3 aromatic rings. The lowest BCUT2D eigenvalue weighted by Gasteiger charge is -2.33. The molecule has 3 heterocycles. The average Bonchev–Trinajstić information content (AvgIpc) is 2.89. The Morgan fingerprint density at radius 2 is 1.69 bits per heavy atom. The summed E-state index contributed by atoms with van der Waals surface area (Å²) >= 11 is 6.13. The Bertz CT molecular complexity index is 1400. The number of nitrogens with zero attached hydrogens (tertiary/aromatic N) is 2. The fourth-order valence-electron chi connectivity index (χ4n) is 4.08. The molecule has 190 valence electrons. The van der Waals surface area contributed by atoms with Crippen molar-refractivity contribution in [2.45, 2.75) is 18.0 Å². The van der Waals surface area contributed by atoms with Gasteiger partial charge in [0.25, 0.3) is 0 Å². The number of hydrogen-bond acceptors (Lipinski definition) is 8. The monoisotopic (exact) mass is 532 g/mol. The van der Waals surface area contributed by atoms with E-state index in [1.165, 1.54) is 22.7 Å². The molecule has 0 aliphatic carbocycles. The van der Waals surface area contributed by atoms with E-state index in [0.717, 1.165) is 5.56 Å². The smallest absolute Gasteiger partial charge is 0.243 e. The van der Waals surface area contributed by atoms with Crippen LogP contribution in [0.1, 0.15) is 11.3 Å². The fourth-order valence-corrected chi connectivity index (χ4v) is 5.71. The first kappa shape index (κ1) is 24.6. The van der Waals surface area contributed by atoms with Gasteiger partial charge in [0.05, 0.1) is 11.4 Å². The fraction of sp³-hybridized carbons (Fsp3) is 0.320. The van der Waals surface area contributed by atoms with Gasteiger partial charge in [-0.05, 0) is 18.2 Å². The standard InChI is InChI=1S/C25H25ClN2O7S/c26-21-4-2-1-3-18(21)16-35-25-17-34-19(13-22(25)29)15-27-7-9-28(10-8-27)36(30,31)20-5-6-23-24(14-20)33-12-11-32-23/h1-6,13-14,17H,7-12,15-16H2. The summed E-state index contributed by atoms with van der Waals surface area (Å²) in [5, 5.41) is 0.564. The van der Waals surface area contributed by atoms with Crippen LogP contribution >= 0.6 is 11.6 Å². The molecule has 11 heteroatoms. The molecule has 9 nitrogen and oxygen atoms in total. The quantitative estimate of drug-likeness (QED) is 0.458. The van der Waals surface area contributed by atoms with Crippen molar-refractivity contribution in [3.05, 3.63) is 81.4 Å². The van der Waals surface area contributed by atoms with Crippen molar-refractivity contribution in [3.8, 4) is 17.2 Å². The van der Waals surface area contributed by atoms with Crippen molar-refractivity contribution in [2.75, 3.05) is 39.4 Å². The first-order chi connectivity index (χ1) is 17.4. The van der Waals surface area contributed by atoms with Crippen LogP contribution < -0.4 is 19.6 Å². The molecule has 0 radical (unpaired) electrons. The van der Waals surface area contributed by atoms with E-state index in [9.17, 15) is 13.2 Å². The number of piperazine rings is 1.